The molecule has 0 bridgehead atoms. The number of hydrogen-bond acceptors (Lipinski definition) is 1. The lowest BCUT2D eigenvalue weighted by molar-refractivity contribution is 0.273. The second-order valence-electron chi connectivity index (χ2n) is 4.55. The van der Waals surface area contributed by atoms with Crippen molar-refractivity contribution in [2.24, 2.45) is 5.92 Å². The van der Waals surface area contributed by atoms with Crippen molar-refractivity contribution in [3.63, 3.8) is 0 Å². The Morgan fingerprint density at radius 1 is 1.36 bits per heavy atom. The molecule has 78 valence electrons. The molecule has 1 saturated carbocycles. The summed E-state index contributed by atoms with van der Waals surface area (Å²) >= 11 is 0. The molecule has 0 amide bonds. The molecular formula is C12H20N2. The molecular weight excluding hydrogens is 172 g/mol. The molecule has 2 heteroatoms. The Bertz CT molecular complexity index is 282. The number of aryl methyl sites for hydroxylation is 1. The van der Waals surface area contributed by atoms with Gasteiger partial charge in [-0.05, 0) is 44.1 Å². The summed E-state index contributed by atoms with van der Waals surface area (Å²) in [4.78, 5) is 0. The number of aromatic nitrogens is 2. The molecule has 0 N–H and O–H groups in total. The monoisotopic (exact) mass is 192 g/mol. The Balaban J connectivity index is 2.01. The Kier molecular flexibility index (Phi) is 2.90. The maximum absolute atomic E-state index is 4.59. The van der Waals surface area contributed by atoms with Gasteiger partial charge in [0, 0.05) is 6.20 Å². The maximum atomic E-state index is 4.59. The van der Waals surface area contributed by atoms with Crippen LogP contribution in [-0.4, -0.2) is 9.78 Å². The van der Waals surface area contributed by atoms with Crippen molar-refractivity contribution >= 4 is 0 Å². The normalized spacial score (nSPS) is 27.9. The molecule has 0 aromatic carbocycles. The molecule has 2 nitrogen and oxygen atoms in total. The van der Waals surface area contributed by atoms with Gasteiger partial charge in [0.15, 0.2) is 0 Å². The molecule has 0 atom stereocenters. The smallest absolute Gasteiger partial charge is 0.0621 e. The quantitative estimate of drug-likeness (QED) is 0.703. The first-order chi connectivity index (χ1) is 6.79. The molecule has 0 aliphatic heterocycles. The van der Waals surface area contributed by atoms with Crippen molar-refractivity contribution in [1.29, 1.82) is 0 Å². The number of nitrogens with zero attached hydrogens (tertiary/aromatic N) is 2. The van der Waals surface area contributed by atoms with E-state index in [-0.39, 0.29) is 0 Å². The van der Waals surface area contributed by atoms with E-state index >= 15 is 0 Å². The Labute approximate surface area is 86.3 Å². The number of hydrogen-bond donors (Lipinski definition) is 0. The minimum Gasteiger partial charge on any atom is -0.269 e. The van der Waals surface area contributed by atoms with Crippen molar-refractivity contribution in [1.82, 2.24) is 9.78 Å². The number of rotatable bonds is 2. The third-order valence-corrected chi connectivity index (χ3v) is 3.39. The molecule has 1 fully saturated rings. The first-order valence-electron chi connectivity index (χ1n) is 5.83. The Morgan fingerprint density at radius 3 is 2.64 bits per heavy atom. The highest BCUT2D eigenvalue weighted by Gasteiger charge is 2.19. The summed E-state index contributed by atoms with van der Waals surface area (Å²) in [6.07, 6.45) is 8.56. The summed E-state index contributed by atoms with van der Waals surface area (Å²) in [6.45, 7) is 4.52. The zero-order chi connectivity index (χ0) is 9.97. The molecule has 1 aromatic heterocycles. The van der Waals surface area contributed by atoms with Gasteiger partial charge in [-0.25, -0.2) is 0 Å². The van der Waals surface area contributed by atoms with E-state index in [2.05, 4.69) is 35.9 Å². The van der Waals surface area contributed by atoms with E-state index in [0.29, 0.717) is 6.04 Å². The first-order valence-corrected chi connectivity index (χ1v) is 5.83. The standard InChI is InChI=1S/C12H20N2/c1-3-11-8-9-14(13-11)12-6-4-10(2)5-7-12/h8-10,12H,3-7H2,1-2H3. The fourth-order valence-electron chi connectivity index (χ4n) is 2.28. The highest BCUT2D eigenvalue weighted by molar-refractivity contribution is 4.99. The zero-order valence-electron chi connectivity index (χ0n) is 9.24. The van der Waals surface area contributed by atoms with Gasteiger partial charge in [0.25, 0.3) is 0 Å². The van der Waals surface area contributed by atoms with Crippen LogP contribution in [0.25, 0.3) is 0 Å². The van der Waals surface area contributed by atoms with Gasteiger partial charge in [-0.1, -0.05) is 13.8 Å². The lowest BCUT2D eigenvalue weighted by Gasteiger charge is -2.26. The molecule has 2 rings (SSSR count). The molecule has 1 aliphatic carbocycles. The summed E-state index contributed by atoms with van der Waals surface area (Å²) in [5.41, 5.74) is 1.23. The van der Waals surface area contributed by atoms with E-state index < -0.39 is 0 Å². The molecule has 1 aliphatic rings. The molecule has 14 heavy (non-hydrogen) atoms. The van der Waals surface area contributed by atoms with Crippen LogP contribution in [0.2, 0.25) is 0 Å². The van der Waals surface area contributed by atoms with Crippen LogP contribution in [0, 0.1) is 5.92 Å². The summed E-state index contributed by atoms with van der Waals surface area (Å²) in [5, 5.41) is 4.59. The van der Waals surface area contributed by atoms with Crippen LogP contribution in [-0.2, 0) is 6.42 Å². The molecule has 0 radical (unpaired) electrons. The van der Waals surface area contributed by atoms with Gasteiger partial charge in [-0.3, -0.25) is 4.68 Å². The predicted molar refractivity (Wildman–Crippen MR) is 58.3 cm³/mol. The first kappa shape index (κ1) is 9.75. The van der Waals surface area contributed by atoms with Crippen LogP contribution < -0.4 is 0 Å². The average Bonchev–Trinajstić information content (AvgIpc) is 2.67. The van der Waals surface area contributed by atoms with Gasteiger partial charge in [0.1, 0.15) is 0 Å². The second kappa shape index (κ2) is 4.16. The summed E-state index contributed by atoms with van der Waals surface area (Å²) in [6, 6.07) is 2.82. The van der Waals surface area contributed by atoms with Crippen LogP contribution >= 0.6 is 0 Å². The van der Waals surface area contributed by atoms with Crippen molar-refractivity contribution in [2.45, 2.75) is 52.0 Å². The van der Waals surface area contributed by atoms with Gasteiger partial charge >= 0.3 is 0 Å². The predicted octanol–water partition coefficient (Wildman–Crippen LogP) is 3.20. The third kappa shape index (κ3) is 1.99. The highest BCUT2D eigenvalue weighted by atomic mass is 15.3. The molecule has 0 unspecified atom stereocenters. The maximum Gasteiger partial charge on any atom is 0.0621 e. The van der Waals surface area contributed by atoms with E-state index in [0.717, 1.165) is 12.3 Å². The van der Waals surface area contributed by atoms with E-state index in [4.69, 9.17) is 0 Å². The van der Waals surface area contributed by atoms with Crippen LogP contribution in [0.4, 0.5) is 0 Å². The Morgan fingerprint density at radius 2 is 2.07 bits per heavy atom. The largest absolute Gasteiger partial charge is 0.269 e. The molecule has 1 heterocycles. The fraction of sp³-hybridized carbons (Fsp3) is 0.750. The van der Waals surface area contributed by atoms with Gasteiger partial charge < -0.3 is 0 Å². The summed E-state index contributed by atoms with van der Waals surface area (Å²) in [5.74, 6) is 0.924. The molecule has 0 saturated heterocycles. The summed E-state index contributed by atoms with van der Waals surface area (Å²) < 4.78 is 2.19. The third-order valence-electron chi connectivity index (χ3n) is 3.39. The van der Waals surface area contributed by atoms with Crippen molar-refractivity contribution in [3.8, 4) is 0 Å². The van der Waals surface area contributed by atoms with Gasteiger partial charge in [0.05, 0.1) is 11.7 Å². The van der Waals surface area contributed by atoms with Crippen LogP contribution in [0.5, 0.6) is 0 Å². The van der Waals surface area contributed by atoms with Crippen molar-refractivity contribution < 1.29 is 0 Å². The van der Waals surface area contributed by atoms with Gasteiger partial charge in [-0.15, -0.1) is 0 Å². The second-order valence-corrected chi connectivity index (χ2v) is 4.55. The average molecular weight is 192 g/mol. The van der Waals surface area contributed by atoms with Gasteiger partial charge in [-0.2, -0.15) is 5.10 Å². The fourth-order valence-corrected chi connectivity index (χ4v) is 2.28. The minimum absolute atomic E-state index is 0.673. The highest BCUT2D eigenvalue weighted by Crippen LogP contribution is 2.31. The van der Waals surface area contributed by atoms with Crippen LogP contribution in [0.15, 0.2) is 12.3 Å². The zero-order valence-corrected chi connectivity index (χ0v) is 9.24. The summed E-state index contributed by atoms with van der Waals surface area (Å²) in [7, 11) is 0. The topological polar surface area (TPSA) is 17.8 Å². The van der Waals surface area contributed by atoms with Crippen molar-refractivity contribution in [2.75, 3.05) is 0 Å². The van der Waals surface area contributed by atoms with E-state index in [1.165, 1.54) is 31.4 Å². The molecule has 1 aromatic rings. The minimum atomic E-state index is 0.673. The lowest BCUT2D eigenvalue weighted by atomic mass is 9.87. The molecule has 0 spiro atoms. The Hall–Kier alpha value is -0.790. The van der Waals surface area contributed by atoms with Crippen molar-refractivity contribution in [3.05, 3.63) is 18.0 Å². The van der Waals surface area contributed by atoms with Gasteiger partial charge in [0.2, 0.25) is 0 Å². The van der Waals surface area contributed by atoms with Crippen LogP contribution in [0.3, 0.4) is 0 Å². The van der Waals surface area contributed by atoms with E-state index in [1.54, 1.807) is 0 Å². The lowest BCUT2D eigenvalue weighted by Crippen LogP contribution is -2.17. The van der Waals surface area contributed by atoms with E-state index in [9.17, 15) is 0 Å². The van der Waals surface area contributed by atoms with Crippen LogP contribution in [0.1, 0.15) is 51.3 Å². The van der Waals surface area contributed by atoms with E-state index in [1.807, 2.05) is 0 Å². The SMILES string of the molecule is CCc1ccn(C2CCC(C)CC2)n1.